The molecule has 0 aromatic heterocycles. The second-order valence-electron chi connectivity index (χ2n) is 5.36. The van der Waals surface area contributed by atoms with E-state index in [0.29, 0.717) is 6.04 Å². The number of rotatable bonds is 2. The van der Waals surface area contributed by atoms with Gasteiger partial charge in [-0.25, -0.2) is 0 Å². The molecule has 18 heavy (non-hydrogen) atoms. The van der Waals surface area contributed by atoms with Crippen molar-refractivity contribution >= 4 is 11.6 Å². The molecule has 2 unspecified atom stereocenters. The van der Waals surface area contributed by atoms with Crippen molar-refractivity contribution in [3.8, 4) is 0 Å². The average Bonchev–Trinajstić information content (AvgIpc) is 2.34. The Morgan fingerprint density at radius 3 is 2.83 bits per heavy atom. The molecule has 2 atom stereocenters. The summed E-state index contributed by atoms with van der Waals surface area (Å²) < 4.78 is 0. The summed E-state index contributed by atoms with van der Waals surface area (Å²) in [7, 11) is 0. The van der Waals surface area contributed by atoms with E-state index in [0.717, 1.165) is 30.5 Å². The summed E-state index contributed by atoms with van der Waals surface area (Å²) >= 11 is 0. The Morgan fingerprint density at radius 1 is 1.33 bits per heavy atom. The lowest BCUT2D eigenvalue weighted by atomic mass is 9.99. The molecular weight excluding hydrogens is 224 g/mol. The van der Waals surface area contributed by atoms with Gasteiger partial charge in [0.15, 0.2) is 0 Å². The number of nitrogens with one attached hydrogen (secondary N) is 2. The summed E-state index contributed by atoms with van der Waals surface area (Å²) in [6.07, 6.45) is 3.22. The van der Waals surface area contributed by atoms with E-state index in [1.807, 2.05) is 26.0 Å². The van der Waals surface area contributed by atoms with Gasteiger partial charge in [-0.3, -0.25) is 4.79 Å². The molecule has 3 nitrogen and oxygen atoms in total. The van der Waals surface area contributed by atoms with E-state index >= 15 is 0 Å². The van der Waals surface area contributed by atoms with Crippen LogP contribution in [0.5, 0.6) is 0 Å². The molecule has 1 saturated heterocycles. The Hall–Kier alpha value is -1.35. The number of hydrogen-bond acceptors (Lipinski definition) is 2. The highest BCUT2D eigenvalue weighted by molar-refractivity contribution is 5.95. The molecule has 0 saturated carbocycles. The maximum atomic E-state index is 12.2. The summed E-state index contributed by atoms with van der Waals surface area (Å²) in [6, 6.07) is 6.52. The maximum Gasteiger partial charge on any atom is 0.241 e. The van der Waals surface area contributed by atoms with Crippen molar-refractivity contribution < 1.29 is 4.79 Å². The van der Waals surface area contributed by atoms with E-state index < -0.39 is 0 Å². The van der Waals surface area contributed by atoms with Crippen molar-refractivity contribution in [2.24, 2.45) is 0 Å². The zero-order valence-electron chi connectivity index (χ0n) is 11.4. The van der Waals surface area contributed by atoms with Crippen molar-refractivity contribution in [3.05, 3.63) is 29.3 Å². The van der Waals surface area contributed by atoms with Gasteiger partial charge in [0.05, 0.1) is 6.04 Å². The molecule has 2 rings (SSSR count). The van der Waals surface area contributed by atoms with E-state index in [4.69, 9.17) is 0 Å². The number of anilines is 1. The summed E-state index contributed by atoms with van der Waals surface area (Å²) in [5.41, 5.74) is 3.21. The molecule has 3 heteroatoms. The van der Waals surface area contributed by atoms with Crippen LogP contribution in [0.1, 0.15) is 37.3 Å². The molecule has 1 heterocycles. The third-order valence-electron chi connectivity index (χ3n) is 3.58. The first kappa shape index (κ1) is 13.1. The molecular formula is C15H22N2O. The fourth-order valence-electron chi connectivity index (χ4n) is 2.44. The predicted molar refractivity (Wildman–Crippen MR) is 74.8 cm³/mol. The van der Waals surface area contributed by atoms with E-state index in [-0.39, 0.29) is 11.9 Å². The minimum absolute atomic E-state index is 0.0475. The van der Waals surface area contributed by atoms with Gasteiger partial charge >= 0.3 is 0 Å². The normalized spacial score (nSPS) is 23.7. The number of piperidine rings is 1. The standard InChI is InChI=1S/C15H22N2O/c1-10-7-8-11(2)14(9-10)17-15(18)13-6-4-5-12(3)16-13/h7-9,12-13,16H,4-6H2,1-3H3,(H,17,18). The lowest BCUT2D eigenvalue weighted by molar-refractivity contribution is -0.118. The lowest BCUT2D eigenvalue weighted by Gasteiger charge is -2.28. The van der Waals surface area contributed by atoms with Gasteiger partial charge in [0.2, 0.25) is 5.91 Å². The molecule has 0 spiro atoms. The quantitative estimate of drug-likeness (QED) is 0.842. The van der Waals surface area contributed by atoms with Crippen LogP contribution in [0.25, 0.3) is 0 Å². The highest BCUT2D eigenvalue weighted by Gasteiger charge is 2.24. The molecule has 98 valence electrons. The minimum Gasteiger partial charge on any atom is -0.324 e. The summed E-state index contributed by atoms with van der Waals surface area (Å²) in [6.45, 7) is 6.19. The lowest BCUT2D eigenvalue weighted by Crippen LogP contribution is -2.47. The fourth-order valence-corrected chi connectivity index (χ4v) is 2.44. The van der Waals surface area contributed by atoms with Crippen LogP contribution in [-0.4, -0.2) is 18.0 Å². The van der Waals surface area contributed by atoms with E-state index in [9.17, 15) is 4.79 Å². The smallest absolute Gasteiger partial charge is 0.241 e. The molecule has 1 aromatic carbocycles. The second kappa shape index (κ2) is 5.53. The highest BCUT2D eigenvalue weighted by Crippen LogP contribution is 2.18. The molecule has 0 aliphatic carbocycles. The van der Waals surface area contributed by atoms with Gasteiger partial charge in [-0.15, -0.1) is 0 Å². The Bertz CT molecular complexity index is 442. The summed E-state index contributed by atoms with van der Waals surface area (Å²) in [5.74, 6) is 0.0928. The fraction of sp³-hybridized carbons (Fsp3) is 0.533. The van der Waals surface area contributed by atoms with Crippen molar-refractivity contribution in [2.75, 3.05) is 5.32 Å². The summed E-state index contributed by atoms with van der Waals surface area (Å²) in [4.78, 5) is 12.2. The number of carbonyl (C=O) groups is 1. The van der Waals surface area contributed by atoms with Crippen molar-refractivity contribution in [1.29, 1.82) is 0 Å². The number of benzene rings is 1. The van der Waals surface area contributed by atoms with Gasteiger partial charge in [0.25, 0.3) is 0 Å². The Morgan fingerprint density at radius 2 is 2.11 bits per heavy atom. The molecule has 0 bridgehead atoms. The van der Waals surface area contributed by atoms with Gasteiger partial charge < -0.3 is 10.6 Å². The van der Waals surface area contributed by atoms with Gasteiger partial charge in [-0.1, -0.05) is 12.1 Å². The van der Waals surface area contributed by atoms with E-state index in [2.05, 4.69) is 23.6 Å². The monoisotopic (exact) mass is 246 g/mol. The Kier molecular flexibility index (Phi) is 4.02. The average molecular weight is 246 g/mol. The van der Waals surface area contributed by atoms with Gasteiger partial charge in [0.1, 0.15) is 0 Å². The first-order chi connectivity index (χ1) is 8.56. The van der Waals surface area contributed by atoms with Crippen molar-refractivity contribution in [2.45, 2.75) is 52.1 Å². The zero-order valence-corrected chi connectivity index (χ0v) is 11.4. The third-order valence-corrected chi connectivity index (χ3v) is 3.58. The van der Waals surface area contributed by atoms with Crippen LogP contribution >= 0.6 is 0 Å². The first-order valence-electron chi connectivity index (χ1n) is 6.70. The van der Waals surface area contributed by atoms with Crippen LogP contribution < -0.4 is 10.6 Å². The largest absolute Gasteiger partial charge is 0.324 e. The number of aryl methyl sites for hydroxylation is 2. The Balaban J connectivity index is 2.04. The van der Waals surface area contributed by atoms with Gasteiger partial charge in [-0.2, -0.15) is 0 Å². The van der Waals surface area contributed by atoms with Crippen LogP contribution in [0.4, 0.5) is 5.69 Å². The molecule has 1 aliphatic rings. The minimum atomic E-state index is -0.0475. The molecule has 1 aromatic rings. The van der Waals surface area contributed by atoms with Crippen LogP contribution in [0.3, 0.4) is 0 Å². The Labute approximate surface area is 109 Å². The van der Waals surface area contributed by atoms with E-state index in [1.165, 1.54) is 5.56 Å². The number of carbonyl (C=O) groups excluding carboxylic acids is 1. The highest BCUT2D eigenvalue weighted by atomic mass is 16.2. The first-order valence-corrected chi connectivity index (χ1v) is 6.70. The van der Waals surface area contributed by atoms with E-state index in [1.54, 1.807) is 0 Å². The maximum absolute atomic E-state index is 12.2. The molecule has 1 amide bonds. The van der Waals surface area contributed by atoms with Crippen LogP contribution in [0.2, 0.25) is 0 Å². The number of amides is 1. The summed E-state index contributed by atoms with van der Waals surface area (Å²) in [5, 5.41) is 6.40. The van der Waals surface area contributed by atoms with Crippen LogP contribution in [0, 0.1) is 13.8 Å². The molecule has 2 N–H and O–H groups in total. The second-order valence-corrected chi connectivity index (χ2v) is 5.36. The molecule has 1 aliphatic heterocycles. The molecule has 1 fully saturated rings. The van der Waals surface area contributed by atoms with Crippen LogP contribution in [0.15, 0.2) is 18.2 Å². The SMILES string of the molecule is Cc1ccc(C)c(NC(=O)C2CCCC(C)N2)c1. The van der Waals surface area contributed by atoms with Crippen LogP contribution in [-0.2, 0) is 4.79 Å². The van der Waals surface area contributed by atoms with Gasteiger partial charge in [-0.05, 0) is 57.2 Å². The number of hydrogen-bond donors (Lipinski definition) is 2. The van der Waals surface area contributed by atoms with Gasteiger partial charge in [0, 0.05) is 11.7 Å². The zero-order chi connectivity index (χ0) is 13.1. The molecule has 0 radical (unpaired) electrons. The predicted octanol–water partition coefficient (Wildman–Crippen LogP) is 2.77. The topological polar surface area (TPSA) is 41.1 Å². The van der Waals surface area contributed by atoms with Crippen molar-refractivity contribution in [1.82, 2.24) is 5.32 Å². The third kappa shape index (κ3) is 3.10. The van der Waals surface area contributed by atoms with Crippen molar-refractivity contribution in [3.63, 3.8) is 0 Å².